The second-order valence-electron chi connectivity index (χ2n) is 6.90. The fraction of sp³-hybridized carbons (Fsp3) is 0.174. The minimum atomic E-state index is -0.606. The molecule has 0 radical (unpaired) electrons. The Morgan fingerprint density at radius 2 is 1.83 bits per heavy atom. The monoisotopic (exact) mass is 422 g/mol. The molecule has 3 aromatic carbocycles. The number of aliphatic hydroxyl groups excluding tert-OH is 1. The molecule has 0 spiro atoms. The van der Waals surface area contributed by atoms with Gasteiger partial charge in [-0.1, -0.05) is 41.9 Å². The Kier molecular flexibility index (Phi) is 6.49. The van der Waals surface area contributed by atoms with Crippen LogP contribution in [0.15, 0.2) is 72.8 Å². The number of aromatic amines is 1. The van der Waals surface area contributed by atoms with Crippen molar-refractivity contribution in [2.24, 2.45) is 0 Å². The number of hydrogen-bond donors (Lipinski definition) is 4. The van der Waals surface area contributed by atoms with Crippen LogP contribution < -0.4 is 15.4 Å². The van der Waals surface area contributed by atoms with Crippen LogP contribution in [0.5, 0.6) is 5.75 Å². The van der Waals surface area contributed by atoms with Gasteiger partial charge in [-0.3, -0.25) is 5.10 Å². The topological polar surface area (TPSA) is 82.2 Å². The second-order valence-corrected chi connectivity index (χ2v) is 7.28. The summed E-state index contributed by atoms with van der Waals surface area (Å²) in [7, 11) is 0. The van der Waals surface area contributed by atoms with Crippen LogP contribution in [0.4, 0.5) is 11.4 Å². The first-order valence-electron chi connectivity index (χ1n) is 9.76. The average Bonchev–Trinajstić information content (AvgIpc) is 3.14. The number of nitrogens with zero attached hydrogens (tertiary/aromatic N) is 1. The van der Waals surface area contributed by atoms with E-state index in [0.717, 1.165) is 33.6 Å². The van der Waals surface area contributed by atoms with E-state index in [0.29, 0.717) is 24.8 Å². The molecule has 7 heteroatoms. The first-order chi connectivity index (χ1) is 14.7. The lowest BCUT2D eigenvalue weighted by atomic mass is 10.1. The highest BCUT2D eigenvalue weighted by atomic mass is 35.5. The molecule has 0 aliphatic heterocycles. The Morgan fingerprint density at radius 1 is 1.00 bits per heavy atom. The smallest absolute Gasteiger partial charge is 0.132 e. The number of rotatable bonds is 9. The maximum absolute atomic E-state index is 10.5. The van der Waals surface area contributed by atoms with E-state index in [1.807, 2.05) is 72.8 Å². The Hall–Kier alpha value is -3.06. The van der Waals surface area contributed by atoms with Crippen LogP contribution in [-0.2, 0) is 0 Å². The van der Waals surface area contributed by atoms with Crippen LogP contribution in [0, 0.1) is 0 Å². The van der Waals surface area contributed by atoms with Gasteiger partial charge in [0.05, 0.1) is 11.6 Å². The molecule has 0 saturated carbocycles. The summed E-state index contributed by atoms with van der Waals surface area (Å²) < 4.78 is 5.75. The number of aliphatic hydroxyl groups is 1. The van der Waals surface area contributed by atoms with Gasteiger partial charge < -0.3 is 20.5 Å². The van der Waals surface area contributed by atoms with E-state index in [-0.39, 0.29) is 0 Å². The third kappa shape index (κ3) is 5.10. The van der Waals surface area contributed by atoms with Gasteiger partial charge in [-0.05, 0) is 42.0 Å². The number of para-hydroxylation sites is 1. The minimum Gasteiger partial charge on any atom is -0.492 e. The first kappa shape index (κ1) is 20.2. The van der Waals surface area contributed by atoms with Gasteiger partial charge >= 0.3 is 0 Å². The molecular formula is C23H23ClN4O2. The second kappa shape index (κ2) is 9.63. The normalized spacial score (nSPS) is 12.1. The van der Waals surface area contributed by atoms with Crippen molar-refractivity contribution < 1.29 is 9.84 Å². The number of halogens is 1. The van der Waals surface area contributed by atoms with E-state index >= 15 is 0 Å². The number of H-pyrrole nitrogens is 1. The van der Waals surface area contributed by atoms with Gasteiger partial charge in [0.1, 0.15) is 17.5 Å². The molecule has 0 bridgehead atoms. The molecule has 4 N–H and O–H groups in total. The van der Waals surface area contributed by atoms with Crippen molar-refractivity contribution in [3.8, 4) is 5.75 Å². The molecule has 4 rings (SSSR count). The SMILES string of the molecule is O[C@@H](CNCCOc1ccc2c(Cl)[nH]nc2c1)c1cccc(Nc2ccccc2)c1. The number of fused-ring (bicyclic) bond motifs is 1. The van der Waals surface area contributed by atoms with Crippen LogP contribution in [-0.4, -0.2) is 35.0 Å². The highest BCUT2D eigenvalue weighted by molar-refractivity contribution is 6.34. The summed E-state index contributed by atoms with van der Waals surface area (Å²) in [6.45, 7) is 1.52. The summed E-state index contributed by atoms with van der Waals surface area (Å²) in [6, 6.07) is 23.3. The van der Waals surface area contributed by atoms with Crippen LogP contribution in [0.1, 0.15) is 11.7 Å². The zero-order chi connectivity index (χ0) is 20.8. The van der Waals surface area contributed by atoms with E-state index in [2.05, 4.69) is 20.8 Å². The molecule has 0 aliphatic rings. The molecule has 0 saturated heterocycles. The van der Waals surface area contributed by atoms with Crippen molar-refractivity contribution in [3.63, 3.8) is 0 Å². The lowest BCUT2D eigenvalue weighted by Gasteiger charge is -2.14. The predicted molar refractivity (Wildman–Crippen MR) is 121 cm³/mol. The van der Waals surface area contributed by atoms with E-state index in [4.69, 9.17) is 16.3 Å². The summed E-state index contributed by atoms with van der Waals surface area (Å²) in [4.78, 5) is 0. The highest BCUT2D eigenvalue weighted by Gasteiger charge is 2.08. The van der Waals surface area contributed by atoms with Crippen molar-refractivity contribution in [1.29, 1.82) is 0 Å². The lowest BCUT2D eigenvalue weighted by Crippen LogP contribution is -2.26. The quantitative estimate of drug-likeness (QED) is 0.295. The zero-order valence-electron chi connectivity index (χ0n) is 16.3. The van der Waals surface area contributed by atoms with Crippen molar-refractivity contribution in [3.05, 3.63) is 83.5 Å². The largest absolute Gasteiger partial charge is 0.492 e. The molecule has 1 aromatic heterocycles. The maximum Gasteiger partial charge on any atom is 0.132 e. The van der Waals surface area contributed by atoms with Crippen molar-refractivity contribution in [2.45, 2.75) is 6.10 Å². The Bertz CT molecular complexity index is 1100. The zero-order valence-corrected chi connectivity index (χ0v) is 17.1. The Balaban J connectivity index is 1.23. The predicted octanol–water partition coefficient (Wildman–Crippen LogP) is 4.66. The van der Waals surface area contributed by atoms with Gasteiger partial charge in [-0.2, -0.15) is 5.10 Å². The summed E-state index contributed by atoms with van der Waals surface area (Å²) >= 11 is 6.00. The van der Waals surface area contributed by atoms with E-state index in [1.54, 1.807) is 0 Å². The van der Waals surface area contributed by atoms with Gasteiger partial charge in [0.2, 0.25) is 0 Å². The first-order valence-corrected chi connectivity index (χ1v) is 10.1. The molecule has 1 atom stereocenters. The van der Waals surface area contributed by atoms with Crippen LogP contribution in [0.3, 0.4) is 0 Å². The molecule has 1 heterocycles. The highest BCUT2D eigenvalue weighted by Crippen LogP contribution is 2.24. The molecule has 30 heavy (non-hydrogen) atoms. The summed E-state index contributed by atoms with van der Waals surface area (Å²) in [5, 5.41) is 25.3. The van der Waals surface area contributed by atoms with E-state index in [9.17, 15) is 5.11 Å². The van der Waals surface area contributed by atoms with Gasteiger partial charge in [-0.25, -0.2) is 0 Å². The molecule has 4 aromatic rings. The van der Waals surface area contributed by atoms with Crippen molar-refractivity contribution in [2.75, 3.05) is 25.0 Å². The fourth-order valence-corrected chi connectivity index (χ4v) is 3.36. The Morgan fingerprint density at radius 3 is 2.70 bits per heavy atom. The van der Waals surface area contributed by atoms with Gasteiger partial charge in [0.25, 0.3) is 0 Å². The van der Waals surface area contributed by atoms with Gasteiger partial charge in [-0.15, -0.1) is 0 Å². The number of nitrogens with one attached hydrogen (secondary N) is 3. The maximum atomic E-state index is 10.5. The van der Waals surface area contributed by atoms with Gasteiger partial charge in [0.15, 0.2) is 0 Å². The third-order valence-electron chi connectivity index (χ3n) is 4.70. The molecule has 0 aliphatic carbocycles. The summed E-state index contributed by atoms with van der Waals surface area (Å²) in [5.41, 5.74) is 3.57. The molecule has 0 fully saturated rings. The standard InChI is InChI=1S/C23H23ClN4O2/c24-23-20-10-9-19(14-21(20)27-28-23)30-12-11-25-15-22(29)16-5-4-8-18(13-16)26-17-6-2-1-3-7-17/h1-10,13-14,22,25-26,29H,11-12,15H2,(H,27,28)/t22-/m0/s1. The summed E-state index contributed by atoms with van der Waals surface area (Å²) in [5.74, 6) is 0.729. The Labute approximate surface area is 179 Å². The number of anilines is 2. The molecule has 154 valence electrons. The molecular weight excluding hydrogens is 400 g/mol. The molecule has 0 unspecified atom stereocenters. The van der Waals surface area contributed by atoms with Crippen molar-refractivity contribution in [1.82, 2.24) is 15.5 Å². The van der Waals surface area contributed by atoms with Crippen LogP contribution in [0.2, 0.25) is 5.15 Å². The van der Waals surface area contributed by atoms with Crippen molar-refractivity contribution >= 4 is 33.9 Å². The number of aromatic nitrogens is 2. The molecule has 0 amide bonds. The van der Waals surface area contributed by atoms with E-state index in [1.165, 1.54) is 0 Å². The minimum absolute atomic E-state index is 0.437. The van der Waals surface area contributed by atoms with E-state index < -0.39 is 6.10 Å². The van der Waals surface area contributed by atoms with Crippen LogP contribution in [0.25, 0.3) is 10.9 Å². The number of hydrogen-bond acceptors (Lipinski definition) is 5. The number of ether oxygens (including phenoxy) is 1. The average molecular weight is 423 g/mol. The van der Waals surface area contributed by atoms with Gasteiger partial charge in [0, 0.05) is 35.9 Å². The lowest BCUT2D eigenvalue weighted by molar-refractivity contribution is 0.172. The molecule has 6 nitrogen and oxygen atoms in total. The third-order valence-corrected chi connectivity index (χ3v) is 4.99. The summed E-state index contributed by atoms with van der Waals surface area (Å²) in [6.07, 6.45) is -0.606. The van der Waals surface area contributed by atoms with Crippen LogP contribution >= 0.6 is 11.6 Å². The fourth-order valence-electron chi connectivity index (χ4n) is 3.16. The number of benzene rings is 3.